The van der Waals surface area contributed by atoms with Crippen molar-refractivity contribution in [1.82, 2.24) is 14.5 Å². The molecule has 0 spiro atoms. The second-order valence-corrected chi connectivity index (χ2v) is 6.76. The monoisotopic (exact) mass is 349 g/mol. The molecular weight excluding hydrogens is 326 g/mol. The van der Waals surface area contributed by atoms with E-state index in [1.54, 1.807) is 7.11 Å². The Morgan fingerprint density at radius 1 is 1.12 bits per heavy atom. The minimum absolute atomic E-state index is 0.121. The van der Waals surface area contributed by atoms with Crippen LogP contribution in [0.5, 0.6) is 0 Å². The van der Waals surface area contributed by atoms with E-state index in [0.717, 1.165) is 29.0 Å². The van der Waals surface area contributed by atoms with Crippen LogP contribution in [0.3, 0.4) is 0 Å². The molecule has 1 saturated heterocycles. The van der Waals surface area contributed by atoms with Crippen LogP contribution in [0.15, 0.2) is 54.6 Å². The van der Waals surface area contributed by atoms with Gasteiger partial charge in [0.2, 0.25) is 5.91 Å². The average molecular weight is 349 g/mol. The van der Waals surface area contributed by atoms with E-state index in [0.29, 0.717) is 26.1 Å². The molecule has 2 heterocycles. The van der Waals surface area contributed by atoms with Crippen molar-refractivity contribution >= 4 is 16.9 Å². The summed E-state index contributed by atoms with van der Waals surface area (Å²) in [6.45, 7) is 2.75. The second-order valence-electron chi connectivity index (χ2n) is 6.76. The number of rotatable bonds is 6. The number of aromatic nitrogens is 2. The van der Waals surface area contributed by atoms with Gasteiger partial charge in [0.1, 0.15) is 5.82 Å². The lowest BCUT2D eigenvalue weighted by Crippen LogP contribution is -2.24. The maximum atomic E-state index is 12.6. The lowest BCUT2D eigenvalue weighted by Gasteiger charge is -2.17. The Balaban J connectivity index is 1.60. The number of likely N-dealkylation sites (tertiary alicyclic amines) is 1. The number of fused-ring (bicyclic) bond motifs is 1. The summed E-state index contributed by atoms with van der Waals surface area (Å²) in [6.07, 6.45) is 0.517. The van der Waals surface area contributed by atoms with E-state index in [-0.39, 0.29) is 11.8 Å². The van der Waals surface area contributed by atoms with Crippen molar-refractivity contribution in [1.29, 1.82) is 0 Å². The Labute approximate surface area is 153 Å². The number of nitrogens with zero attached hydrogens (tertiary/aromatic N) is 3. The Bertz CT molecular complexity index is 904. The molecule has 0 saturated carbocycles. The number of hydrogen-bond acceptors (Lipinski definition) is 3. The van der Waals surface area contributed by atoms with Crippen LogP contribution in [0.2, 0.25) is 0 Å². The first-order valence-corrected chi connectivity index (χ1v) is 9.02. The van der Waals surface area contributed by atoms with Crippen LogP contribution in [0.1, 0.15) is 23.7 Å². The molecule has 0 radical (unpaired) electrons. The minimum Gasteiger partial charge on any atom is -0.383 e. The van der Waals surface area contributed by atoms with Gasteiger partial charge in [-0.2, -0.15) is 0 Å². The smallest absolute Gasteiger partial charge is 0.223 e. The third-order valence-electron chi connectivity index (χ3n) is 5.00. The van der Waals surface area contributed by atoms with Crippen LogP contribution in [0, 0.1) is 0 Å². The summed E-state index contributed by atoms with van der Waals surface area (Å²) in [7, 11) is 1.71. The summed E-state index contributed by atoms with van der Waals surface area (Å²) in [4.78, 5) is 19.4. The van der Waals surface area contributed by atoms with Gasteiger partial charge in [-0.1, -0.05) is 42.5 Å². The van der Waals surface area contributed by atoms with Crippen molar-refractivity contribution in [3.05, 3.63) is 66.0 Å². The maximum Gasteiger partial charge on any atom is 0.223 e. The topological polar surface area (TPSA) is 47.4 Å². The van der Waals surface area contributed by atoms with Gasteiger partial charge in [0, 0.05) is 39.1 Å². The van der Waals surface area contributed by atoms with E-state index in [1.165, 1.54) is 0 Å². The summed E-state index contributed by atoms with van der Waals surface area (Å²) in [6, 6.07) is 18.3. The first-order valence-electron chi connectivity index (χ1n) is 9.02. The van der Waals surface area contributed by atoms with Gasteiger partial charge in [-0.15, -0.1) is 0 Å². The van der Waals surface area contributed by atoms with Gasteiger partial charge in [-0.25, -0.2) is 4.98 Å². The van der Waals surface area contributed by atoms with Crippen molar-refractivity contribution < 1.29 is 9.53 Å². The van der Waals surface area contributed by atoms with Gasteiger partial charge in [0.15, 0.2) is 0 Å². The van der Waals surface area contributed by atoms with Gasteiger partial charge < -0.3 is 14.2 Å². The van der Waals surface area contributed by atoms with Gasteiger partial charge >= 0.3 is 0 Å². The van der Waals surface area contributed by atoms with Gasteiger partial charge in [0.05, 0.1) is 17.6 Å². The Morgan fingerprint density at radius 2 is 1.88 bits per heavy atom. The van der Waals surface area contributed by atoms with E-state index in [4.69, 9.17) is 9.72 Å². The van der Waals surface area contributed by atoms with Crippen LogP contribution >= 0.6 is 0 Å². The number of carbonyl (C=O) groups excluding carboxylic acids is 1. The third kappa shape index (κ3) is 3.22. The first kappa shape index (κ1) is 16.8. The van der Waals surface area contributed by atoms with Gasteiger partial charge in [-0.05, 0) is 17.7 Å². The van der Waals surface area contributed by atoms with E-state index < -0.39 is 0 Å². The van der Waals surface area contributed by atoms with Gasteiger partial charge in [-0.3, -0.25) is 4.79 Å². The fourth-order valence-electron chi connectivity index (χ4n) is 3.73. The number of imidazole rings is 1. The van der Waals surface area contributed by atoms with Crippen LogP contribution < -0.4 is 0 Å². The fraction of sp³-hybridized carbons (Fsp3) is 0.333. The molecule has 1 aliphatic rings. The molecule has 4 rings (SSSR count). The average Bonchev–Trinajstić information content (AvgIpc) is 3.21. The maximum absolute atomic E-state index is 12.6. The summed E-state index contributed by atoms with van der Waals surface area (Å²) < 4.78 is 7.49. The Kier molecular flexibility index (Phi) is 4.71. The largest absolute Gasteiger partial charge is 0.383 e. The number of amides is 1. The lowest BCUT2D eigenvalue weighted by atomic mass is 10.1. The van der Waals surface area contributed by atoms with Crippen LogP contribution in [-0.2, 0) is 22.6 Å². The molecule has 1 fully saturated rings. The fourth-order valence-corrected chi connectivity index (χ4v) is 3.73. The summed E-state index contributed by atoms with van der Waals surface area (Å²) in [5.74, 6) is 1.31. The normalized spacial score (nSPS) is 17.3. The van der Waals surface area contributed by atoms with Crippen LogP contribution in [-0.4, -0.2) is 40.6 Å². The standard InChI is InChI=1S/C21H23N3O2/c1-26-12-11-24-19-10-6-5-9-18(19)22-21(24)17-13-20(25)23(15-17)14-16-7-3-2-4-8-16/h2-10,17H,11-15H2,1H3. The predicted octanol–water partition coefficient (Wildman–Crippen LogP) is 3.20. The highest BCUT2D eigenvalue weighted by atomic mass is 16.5. The number of hydrogen-bond donors (Lipinski definition) is 0. The molecule has 5 heteroatoms. The zero-order valence-corrected chi connectivity index (χ0v) is 15.0. The molecule has 0 bridgehead atoms. The predicted molar refractivity (Wildman–Crippen MR) is 101 cm³/mol. The van der Waals surface area contributed by atoms with E-state index in [2.05, 4.69) is 22.8 Å². The zero-order chi connectivity index (χ0) is 17.9. The molecule has 1 aliphatic heterocycles. The number of methoxy groups -OCH3 is 1. The molecular formula is C21H23N3O2. The number of ether oxygens (including phenoxy) is 1. The molecule has 1 unspecified atom stereocenters. The highest BCUT2D eigenvalue weighted by Gasteiger charge is 2.33. The van der Waals surface area contributed by atoms with Crippen LogP contribution in [0.4, 0.5) is 0 Å². The van der Waals surface area contributed by atoms with Crippen molar-refractivity contribution in [3.8, 4) is 0 Å². The van der Waals surface area contributed by atoms with E-state index in [9.17, 15) is 4.79 Å². The highest BCUT2D eigenvalue weighted by Crippen LogP contribution is 2.31. The summed E-state index contributed by atoms with van der Waals surface area (Å²) in [5.41, 5.74) is 3.25. The molecule has 1 atom stereocenters. The Morgan fingerprint density at radius 3 is 2.69 bits per heavy atom. The summed E-state index contributed by atoms with van der Waals surface area (Å²) in [5, 5.41) is 0. The third-order valence-corrected chi connectivity index (χ3v) is 5.00. The van der Waals surface area contributed by atoms with Gasteiger partial charge in [0.25, 0.3) is 0 Å². The van der Waals surface area contributed by atoms with Crippen molar-refractivity contribution in [3.63, 3.8) is 0 Å². The van der Waals surface area contributed by atoms with Crippen molar-refractivity contribution in [2.24, 2.45) is 0 Å². The van der Waals surface area contributed by atoms with E-state index >= 15 is 0 Å². The van der Waals surface area contributed by atoms with Crippen molar-refractivity contribution in [2.75, 3.05) is 20.3 Å². The molecule has 0 aliphatic carbocycles. The Hall–Kier alpha value is -2.66. The first-order chi connectivity index (χ1) is 12.8. The molecule has 0 N–H and O–H groups in total. The molecule has 2 aromatic carbocycles. The summed E-state index contributed by atoms with van der Waals surface area (Å²) >= 11 is 0. The minimum atomic E-state index is 0.121. The highest BCUT2D eigenvalue weighted by molar-refractivity contribution is 5.81. The van der Waals surface area contributed by atoms with E-state index in [1.807, 2.05) is 41.3 Å². The number of benzene rings is 2. The molecule has 3 aromatic rings. The number of carbonyl (C=O) groups is 1. The quantitative estimate of drug-likeness (QED) is 0.687. The molecule has 1 aromatic heterocycles. The van der Waals surface area contributed by atoms with Crippen LogP contribution in [0.25, 0.3) is 11.0 Å². The van der Waals surface area contributed by atoms with Crippen molar-refractivity contribution in [2.45, 2.75) is 25.4 Å². The molecule has 5 nitrogen and oxygen atoms in total. The lowest BCUT2D eigenvalue weighted by molar-refractivity contribution is -0.128. The molecule has 1 amide bonds. The SMILES string of the molecule is COCCn1c(C2CC(=O)N(Cc3ccccc3)C2)nc2ccccc21. The number of para-hydroxylation sites is 2. The zero-order valence-electron chi connectivity index (χ0n) is 15.0. The molecule has 26 heavy (non-hydrogen) atoms. The molecule has 134 valence electrons. The second kappa shape index (κ2) is 7.30.